The molecule has 104 valence electrons. The third-order valence-corrected chi connectivity index (χ3v) is 3.49. The summed E-state index contributed by atoms with van der Waals surface area (Å²) in [4.78, 5) is 10.8. The summed E-state index contributed by atoms with van der Waals surface area (Å²) >= 11 is 0. The van der Waals surface area contributed by atoms with Gasteiger partial charge in [-0.25, -0.2) is 0 Å². The first-order valence-corrected chi connectivity index (χ1v) is 6.66. The van der Waals surface area contributed by atoms with Crippen LogP contribution in [0.4, 0.5) is 0 Å². The van der Waals surface area contributed by atoms with Gasteiger partial charge in [0.05, 0.1) is 0 Å². The van der Waals surface area contributed by atoms with Crippen molar-refractivity contribution in [3.63, 3.8) is 0 Å². The van der Waals surface area contributed by atoms with Crippen molar-refractivity contribution in [2.45, 2.75) is 51.2 Å². The van der Waals surface area contributed by atoms with Gasteiger partial charge in [0.25, 0.3) is 0 Å². The highest BCUT2D eigenvalue weighted by Crippen LogP contribution is 2.29. The molecule has 19 heavy (non-hydrogen) atoms. The molecule has 0 aromatic heterocycles. The molecule has 4 heteroatoms. The number of carboxylic acids is 1. The van der Waals surface area contributed by atoms with Gasteiger partial charge in [-0.3, -0.25) is 4.79 Å². The van der Waals surface area contributed by atoms with Crippen LogP contribution in [0.15, 0.2) is 18.2 Å². The Morgan fingerprint density at radius 2 is 2.11 bits per heavy atom. The molecule has 0 heterocycles. The Morgan fingerprint density at radius 3 is 2.79 bits per heavy atom. The monoisotopic (exact) mass is 263 g/mol. The van der Waals surface area contributed by atoms with E-state index >= 15 is 0 Å². The van der Waals surface area contributed by atoms with Gasteiger partial charge < -0.3 is 15.6 Å². The molecule has 0 spiro atoms. The van der Waals surface area contributed by atoms with Crippen molar-refractivity contribution in [1.29, 1.82) is 0 Å². The molecule has 1 unspecified atom stereocenters. The molecule has 0 aliphatic heterocycles. The smallest absolute Gasteiger partial charge is 0.320 e. The van der Waals surface area contributed by atoms with E-state index in [1.54, 1.807) is 0 Å². The number of benzene rings is 1. The molecule has 1 atom stereocenters. The van der Waals surface area contributed by atoms with E-state index in [-0.39, 0.29) is 6.42 Å². The zero-order valence-electron chi connectivity index (χ0n) is 11.5. The number of hydrogen-bond donors (Lipinski definition) is 2. The Hall–Kier alpha value is -1.55. The van der Waals surface area contributed by atoms with Crippen LogP contribution in [0.3, 0.4) is 0 Å². The zero-order valence-corrected chi connectivity index (χ0v) is 11.5. The van der Waals surface area contributed by atoms with E-state index in [1.165, 1.54) is 17.5 Å². The second-order valence-electron chi connectivity index (χ2n) is 5.79. The number of hydrogen-bond acceptors (Lipinski definition) is 3. The minimum atomic E-state index is -0.995. The van der Waals surface area contributed by atoms with Crippen molar-refractivity contribution in [1.82, 2.24) is 0 Å². The van der Waals surface area contributed by atoms with Gasteiger partial charge in [-0.15, -0.1) is 0 Å². The molecule has 1 aromatic rings. The van der Waals surface area contributed by atoms with Crippen LogP contribution in [0, 0.1) is 0 Å². The van der Waals surface area contributed by atoms with Gasteiger partial charge in [-0.1, -0.05) is 6.07 Å². The standard InChI is InChI=1S/C15H21NO3/c1-15(2,9-13(16)14(17)18)19-12-7-6-10-4-3-5-11(10)8-12/h6-8,13H,3-5,9,16H2,1-2H3,(H,17,18). The van der Waals surface area contributed by atoms with E-state index in [1.807, 2.05) is 19.9 Å². The Bertz CT molecular complexity index is 482. The van der Waals surface area contributed by atoms with Gasteiger partial charge in [0.1, 0.15) is 17.4 Å². The largest absolute Gasteiger partial charge is 0.488 e. The predicted octanol–water partition coefficient (Wildman–Crippen LogP) is 2.13. The van der Waals surface area contributed by atoms with E-state index in [4.69, 9.17) is 15.6 Å². The fraction of sp³-hybridized carbons (Fsp3) is 0.533. The first-order valence-electron chi connectivity index (χ1n) is 6.66. The van der Waals surface area contributed by atoms with Crippen LogP contribution >= 0.6 is 0 Å². The summed E-state index contributed by atoms with van der Waals surface area (Å²) in [6.45, 7) is 3.73. The second kappa shape index (κ2) is 5.21. The van der Waals surface area contributed by atoms with Crippen molar-refractivity contribution < 1.29 is 14.6 Å². The van der Waals surface area contributed by atoms with Crippen LogP contribution in [0.5, 0.6) is 5.75 Å². The average molecular weight is 263 g/mol. The van der Waals surface area contributed by atoms with E-state index in [9.17, 15) is 4.79 Å². The number of fused-ring (bicyclic) bond motifs is 1. The minimum Gasteiger partial charge on any atom is -0.488 e. The number of nitrogens with two attached hydrogens (primary N) is 1. The molecule has 0 amide bonds. The van der Waals surface area contributed by atoms with Gasteiger partial charge >= 0.3 is 5.97 Å². The molecule has 1 aliphatic rings. The van der Waals surface area contributed by atoms with E-state index in [0.29, 0.717) is 0 Å². The number of rotatable bonds is 5. The molecule has 0 saturated heterocycles. The lowest BCUT2D eigenvalue weighted by molar-refractivity contribution is -0.139. The summed E-state index contributed by atoms with van der Waals surface area (Å²) in [6.07, 6.45) is 3.72. The van der Waals surface area contributed by atoms with Crippen molar-refractivity contribution in [3.05, 3.63) is 29.3 Å². The highest BCUT2D eigenvalue weighted by molar-refractivity contribution is 5.73. The third kappa shape index (κ3) is 3.47. The third-order valence-electron chi connectivity index (χ3n) is 3.49. The van der Waals surface area contributed by atoms with Crippen LogP contribution in [-0.4, -0.2) is 22.7 Å². The number of ether oxygens (including phenoxy) is 1. The highest BCUT2D eigenvalue weighted by atomic mass is 16.5. The molecule has 1 aliphatic carbocycles. The van der Waals surface area contributed by atoms with Gasteiger partial charge in [0.15, 0.2) is 0 Å². The normalized spacial score (nSPS) is 15.9. The SMILES string of the molecule is CC(C)(CC(N)C(=O)O)Oc1ccc2c(c1)CCC2. The maximum absolute atomic E-state index is 10.8. The van der Waals surface area contributed by atoms with Gasteiger partial charge in [0, 0.05) is 6.42 Å². The quantitative estimate of drug-likeness (QED) is 0.853. The van der Waals surface area contributed by atoms with Gasteiger partial charge in [-0.2, -0.15) is 0 Å². The van der Waals surface area contributed by atoms with Crippen LogP contribution in [0.1, 0.15) is 37.8 Å². The van der Waals surface area contributed by atoms with E-state index < -0.39 is 17.6 Å². The molecule has 0 fully saturated rings. The van der Waals surface area contributed by atoms with Crippen LogP contribution in [0.25, 0.3) is 0 Å². The number of carboxylic acid groups (broad SMARTS) is 1. The molecule has 1 aromatic carbocycles. The molecule has 0 bridgehead atoms. The molecule has 4 nitrogen and oxygen atoms in total. The Labute approximate surface area is 113 Å². The lowest BCUT2D eigenvalue weighted by Gasteiger charge is -2.28. The van der Waals surface area contributed by atoms with E-state index in [2.05, 4.69) is 12.1 Å². The van der Waals surface area contributed by atoms with Gasteiger partial charge in [-0.05, 0) is 56.4 Å². The fourth-order valence-corrected chi connectivity index (χ4v) is 2.59. The number of carbonyl (C=O) groups is 1. The van der Waals surface area contributed by atoms with Crippen molar-refractivity contribution in [3.8, 4) is 5.75 Å². The van der Waals surface area contributed by atoms with E-state index in [0.717, 1.165) is 18.6 Å². The van der Waals surface area contributed by atoms with Crippen LogP contribution in [-0.2, 0) is 17.6 Å². The predicted molar refractivity (Wildman–Crippen MR) is 73.4 cm³/mol. The molecular weight excluding hydrogens is 242 g/mol. The summed E-state index contributed by atoms with van der Waals surface area (Å²) < 4.78 is 5.90. The molecule has 0 radical (unpaired) electrons. The number of aryl methyl sites for hydroxylation is 2. The van der Waals surface area contributed by atoms with Crippen molar-refractivity contribution in [2.24, 2.45) is 5.73 Å². The summed E-state index contributed by atoms with van der Waals surface area (Å²) in [5.41, 5.74) is 7.71. The summed E-state index contributed by atoms with van der Waals surface area (Å²) in [5, 5.41) is 8.86. The molecule has 0 saturated carbocycles. The lowest BCUT2D eigenvalue weighted by atomic mass is 9.99. The number of aliphatic carboxylic acids is 1. The van der Waals surface area contributed by atoms with Crippen LogP contribution in [0.2, 0.25) is 0 Å². The summed E-state index contributed by atoms with van der Waals surface area (Å²) in [7, 11) is 0. The van der Waals surface area contributed by atoms with Crippen molar-refractivity contribution in [2.75, 3.05) is 0 Å². The van der Waals surface area contributed by atoms with Crippen LogP contribution < -0.4 is 10.5 Å². The summed E-state index contributed by atoms with van der Waals surface area (Å²) in [5.74, 6) is -0.200. The highest BCUT2D eigenvalue weighted by Gasteiger charge is 2.27. The lowest BCUT2D eigenvalue weighted by Crippen LogP contribution is -2.41. The second-order valence-corrected chi connectivity index (χ2v) is 5.79. The Balaban J connectivity index is 2.05. The van der Waals surface area contributed by atoms with Crippen molar-refractivity contribution >= 4 is 5.97 Å². The maximum atomic E-state index is 10.8. The molecule has 2 rings (SSSR count). The minimum absolute atomic E-state index is 0.277. The van der Waals surface area contributed by atoms with Gasteiger partial charge in [0.2, 0.25) is 0 Å². The summed E-state index contributed by atoms with van der Waals surface area (Å²) in [6, 6.07) is 5.23. The molecule has 3 N–H and O–H groups in total. The first-order chi connectivity index (χ1) is 8.87. The zero-order chi connectivity index (χ0) is 14.0. The first kappa shape index (κ1) is 13.9. The maximum Gasteiger partial charge on any atom is 0.320 e. The molecular formula is C15H21NO3. The topological polar surface area (TPSA) is 72.6 Å². The Morgan fingerprint density at radius 1 is 1.42 bits per heavy atom. The Kier molecular flexibility index (Phi) is 3.80. The fourth-order valence-electron chi connectivity index (χ4n) is 2.59. The average Bonchev–Trinajstić information content (AvgIpc) is 2.74.